The third-order valence-corrected chi connectivity index (χ3v) is 2.05. The third-order valence-electron chi connectivity index (χ3n) is 2.05. The second-order valence-electron chi connectivity index (χ2n) is 3.46. The van der Waals surface area contributed by atoms with Crippen LogP contribution in [0.3, 0.4) is 0 Å². The molecule has 13 heavy (non-hydrogen) atoms. The van der Waals surface area contributed by atoms with E-state index in [0.717, 1.165) is 16.7 Å². The van der Waals surface area contributed by atoms with E-state index < -0.39 is 0 Å². The monoisotopic (exact) mass is 176 g/mol. The molecule has 0 saturated heterocycles. The van der Waals surface area contributed by atoms with E-state index in [1.165, 1.54) is 0 Å². The topological polar surface area (TPSA) is 38.9 Å². The van der Waals surface area contributed by atoms with Crippen LogP contribution < -0.4 is 0 Å². The van der Waals surface area contributed by atoms with Crippen LogP contribution in [0.15, 0.2) is 16.8 Å². The van der Waals surface area contributed by atoms with Crippen LogP contribution in [0.25, 0.3) is 11.1 Å². The first-order valence-corrected chi connectivity index (χ1v) is 4.39. The molecule has 0 aromatic carbocycles. The first-order valence-electron chi connectivity index (χ1n) is 4.39. The van der Waals surface area contributed by atoms with E-state index in [0.29, 0.717) is 11.8 Å². The van der Waals surface area contributed by atoms with Gasteiger partial charge in [-0.05, 0) is 5.92 Å². The van der Waals surface area contributed by atoms with Gasteiger partial charge in [0.15, 0.2) is 11.5 Å². The van der Waals surface area contributed by atoms with Crippen molar-refractivity contribution < 1.29 is 4.42 Å². The Hall–Kier alpha value is -1.38. The second-order valence-corrected chi connectivity index (χ2v) is 3.46. The average Bonchev–Trinajstić information content (AvgIpc) is 2.43. The van der Waals surface area contributed by atoms with Crippen molar-refractivity contribution >= 4 is 11.1 Å². The molecule has 0 amide bonds. The summed E-state index contributed by atoms with van der Waals surface area (Å²) in [5.41, 5.74) is 2.85. The van der Waals surface area contributed by atoms with Crippen molar-refractivity contribution in [1.82, 2.24) is 9.97 Å². The first kappa shape index (κ1) is 8.23. The first-order chi connectivity index (χ1) is 6.18. The Morgan fingerprint density at radius 3 is 2.77 bits per heavy atom. The summed E-state index contributed by atoms with van der Waals surface area (Å²) >= 11 is 0. The van der Waals surface area contributed by atoms with Gasteiger partial charge in [-0.1, -0.05) is 13.8 Å². The van der Waals surface area contributed by atoms with Crippen LogP contribution in [-0.4, -0.2) is 9.97 Å². The summed E-state index contributed by atoms with van der Waals surface area (Å²) < 4.78 is 5.51. The van der Waals surface area contributed by atoms with Gasteiger partial charge in [0.2, 0.25) is 0 Å². The summed E-state index contributed by atoms with van der Waals surface area (Å²) in [6.07, 6.45) is 3.58. The van der Waals surface area contributed by atoms with Crippen LogP contribution in [0.1, 0.15) is 31.2 Å². The van der Waals surface area contributed by atoms with Crippen LogP contribution in [0, 0.1) is 6.92 Å². The predicted octanol–water partition coefficient (Wildman–Crippen LogP) is 2.65. The number of aryl methyl sites for hydroxylation is 1. The minimum atomic E-state index is 0.420. The van der Waals surface area contributed by atoms with Gasteiger partial charge >= 0.3 is 0 Å². The highest BCUT2D eigenvalue weighted by Crippen LogP contribution is 2.24. The van der Waals surface area contributed by atoms with Gasteiger partial charge in [-0.2, -0.15) is 0 Å². The smallest absolute Gasteiger partial charge is 0.192 e. The molecular weight excluding hydrogens is 164 g/mol. The lowest BCUT2D eigenvalue weighted by molar-refractivity contribution is 0.555. The molecule has 0 N–H and O–H groups in total. The van der Waals surface area contributed by atoms with E-state index in [4.69, 9.17) is 4.42 Å². The molecule has 2 heterocycles. The quantitative estimate of drug-likeness (QED) is 0.670. The van der Waals surface area contributed by atoms with E-state index >= 15 is 0 Å². The largest absolute Gasteiger partial charge is 0.441 e. The molecule has 68 valence electrons. The van der Waals surface area contributed by atoms with Gasteiger partial charge < -0.3 is 4.42 Å². The number of hydrogen-bond acceptors (Lipinski definition) is 3. The van der Waals surface area contributed by atoms with E-state index in [1.54, 1.807) is 6.20 Å². The highest BCUT2D eigenvalue weighted by molar-refractivity contribution is 5.75. The lowest BCUT2D eigenvalue weighted by Crippen LogP contribution is -1.88. The number of nitrogens with zero attached hydrogens (tertiary/aromatic N) is 2. The average molecular weight is 176 g/mol. The number of fused-ring (bicyclic) bond motifs is 1. The Balaban J connectivity index is 2.75. The highest BCUT2D eigenvalue weighted by Gasteiger charge is 2.10. The fraction of sp³-hybridized carbons (Fsp3) is 0.400. The molecule has 2 aromatic rings. The molecule has 3 nitrogen and oxygen atoms in total. The van der Waals surface area contributed by atoms with Crippen LogP contribution in [0.2, 0.25) is 0 Å². The number of oxazole rings is 1. The van der Waals surface area contributed by atoms with E-state index in [2.05, 4.69) is 23.8 Å². The van der Waals surface area contributed by atoms with Crippen molar-refractivity contribution in [2.75, 3.05) is 0 Å². The van der Waals surface area contributed by atoms with Gasteiger partial charge in [0.1, 0.15) is 5.52 Å². The second kappa shape index (κ2) is 2.83. The number of hydrogen-bond donors (Lipinski definition) is 0. The minimum absolute atomic E-state index is 0.420. The molecule has 0 unspecified atom stereocenters. The Bertz CT molecular complexity index is 431. The summed E-state index contributed by atoms with van der Waals surface area (Å²) in [5.74, 6) is 1.12. The maximum absolute atomic E-state index is 5.51. The molecule has 0 bridgehead atoms. The molecule has 0 saturated carbocycles. The van der Waals surface area contributed by atoms with Crippen molar-refractivity contribution in [2.24, 2.45) is 0 Å². The zero-order valence-corrected chi connectivity index (χ0v) is 8.03. The summed E-state index contributed by atoms with van der Waals surface area (Å²) in [5, 5.41) is 0. The molecule has 0 aliphatic heterocycles. The maximum Gasteiger partial charge on any atom is 0.192 e. The molecule has 2 aromatic heterocycles. The Kier molecular flexibility index (Phi) is 1.79. The van der Waals surface area contributed by atoms with E-state index in [1.807, 2.05) is 13.1 Å². The van der Waals surface area contributed by atoms with Crippen molar-refractivity contribution in [3.63, 3.8) is 0 Å². The molecule has 0 aliphatic carbocycles. The number of aromatic nitrogens is 2. The molecular formula is C10H12N2O. The van der Waals surface area contributed by atoms with Crippen molar-refractivity contribution in [3.05, 3.63) is 23.8 Å². The molecule has 0 radical (unpaired) electrons. The Labute approximate surface area is 76.8 Å². The Morgan fingerprint density at radius 1 is 1.31 bits per heavy atom. The minimum Gasteiger partial charge on any atom is -0.441 e. The van der Waals surface area contributed by atoms with Gasteiger partial charge in [0, 0.05) is 18.7 Å². The molecule has 0 aliphatic rings. The van der Waals surface area contributed by atoms with E-state index in [-0.39, 0.29) is 0 Å². The highest BCUT2D eigenvalue weighted by atomic mass is 16.3. The molecule has 0 spiro atoms. The normalized spacial score (nSPS) is 11.4. The lowest BCUT2D eigenvalue weighted by Gasteiger charge is -2.02. The summed E-state index contributed by atoms with van der Waals surface area (Å²) in [4.78, 5) is 8.35. The number of rotatable bonds is 1. The Morgan fingerprint density at radius 2 is 2.08 bits per heavy atom. The standard InChI is InChI=1S/C10H12N2O/c1-6(2)8-4-11-5-9-10(8)13-7(3)12-9/h4-6H,1-3H3. The summed E-state index contributed by atoms with van der Waals surface area (Å²) in [6.45, 7) is 6.09. The van der Waals surface area contributed by atoms with Gasteiger partial charge in [-0.3, -0.25) is 4.98 Å². The summed E-state index contributed by atoms with van der Waals surface area (Å²) in [7, 11) is 0. The molecule has 2 rings (SSSR count). The maximum atomic E-state index is 5.51. The van der Waals surface area contributed by atoms with Gasteiger partial charge in [0.25, 0.3) is 0 Å². The van der Waals surface area contributed by atoms with Crippen molar-refractivity contribution in [1.29, 1.82) is 0 Å². The molecule has 0 atom stereocenters. The van der Waals surface area contributed by atoms with Crippen LogP contribution >= 0.6 is 0 Å². The lowest BCUT2D eigenvalue weighted by atomic mass is 10.1. The number of pyridine rings is 1. The van der Waals surface area contributed by atoms with Gasteiger partial charge in [0.05, 0.1) is 6.20 Å². The van der Waals surface area contributed by atoms with Crippen LogP contribution in [0.4, 0.5) is 0 Å². The van der Waals surface area contributed by atoms with Crippen molar-refractivity contribution in [2.45, 2.75) is 26.7 Å². The predicted molar refractivity (Wildman–Crippen MR) is 50.6 cm³/mol. The fourth-order valence-corrected chi connectivity index (χ4v) is 1.40. The van der Waals surface area contributed by atoms with Crippen LogP contribution in [0.5, 0.6) is 0 Å². The fourth-order valence-electron chi connectivity index (χ4n) is 1.40. The van der Waals surface area contributed by atoms with Gasteiger partial charge in [-0.25, -0.2) is 4.98 Å². The van der Waals surface area contributed by atoms with Gasteiger partial charge in [-0.15, -0.1) is 0 Å². The molecule has 0 fully saturated rings. The van der Waals surface area contributed by atoms with E-state index in [9.17, 15) is 0 Å². The van der Waals surface area contributed by atoms with Crippen molar-refractivity contribution in [3.8, 4) is 0 Å². The summed E-state index contributed by atoms with van der Waals surface area (Å²) in [6, 6.07) is 0. The van der Waals surface area contributed by atoms with Crippen LogP contribution in [-0.2, 0) is 0 Å². The zero-order valence-electron chi connectivity index (χ0n) is 8.03. The third kappa shape index (κ3) is 1.30. The zero-order chi connectivity index (χ0) is 9.42. The SMILES string of the molecule is Cc1nc2cncc(C(C)C)c2o1. The molecule has 3 heteroatoms.